The molecular weight excluding hydrogens is 444 g/mol. The van der Waals surface area contributed by atoms with Gasteiger partial charge in [-0.3, -0.25) is 9.59 Å². The zero-order valence-corrected chi connectivity index (χ0v) is 19.6. The Morgan fingerprint density at radius 3 is 2.57 bits per heavy atom. The van der Waals surface area contributed by atoms with Gasteiger partial charge in [0.05, 0.1) is 18.4 Å². The molecule has 8 heteroatoms. The van der Waals surface area contributed by atoms with Crippen molar-refractivity contribution in [1.29, 1.82) is 0 Å². The first-order valence-corrected chi connectivity index (χ1v) is 11.8. The Morgan fingerprint density at radius 2 is 1.77 bits per heavy atom. The molecule has 2 atom stereocenters. The van der Waals surface area contributed by atoms with E-state index in [1.807, 2.05) is 34.9 Å². The summed E-state index contributed by atoms with van der Waals surface area (Å²) in [6.07, 6.45) is 0.970. The number of amides is 3. The average molecular weight is 473 g/mol. The number of nitrogens with zero attached hydrogens (tertiary/aromatic N) is 2. The van der Waals surface area contributed by atoms with E-state index in [1.165, 1.54) is 0 Å². The van der Waals surface area contributed by atoms with Crippen LogP contribution >= 0.6 is 0 Å². The van der Waals surface area contributed by atoms with Crippen LogP contribution in [0.3, 0.4) is 0 Å². The Bertz CT molecular complexity index is 1300. The van der Waals surface area contributed by atoms with Crippen LogP contribution in [0.4, 0.5) is 10.5 Å². The Labute approximate surface area is 203 Å². The monoisotopic (exact) mass is 472 g/mol. The number of piperidine rings is 1. The number of ether oxygens (including phenoxy) is 1. The van der Waals surface area contributed by atoms with Crippen molar-refractivity contribution in [3.05, 3.63) is 93.9 Å². The lowest BCUT2D eigenvalue weighted by Gasteiger charge is -2.42. The third kappa shape index (κ3) is 4.77. The Balaban J connectivity index is 1.26. The summed E-state index contributed by atoms with van der Waals surface area (Å²) in [5, 5.41) is 5.86. The minimum absolute atomic E-state index is 0.0182. The second kappa shape index (κ2) is 9.66. The number of urea groups is 1. The van der Waals surface area contributed by atoms with E-state index in [2.05, 4.69) is 10.6 Å². The number of methoxy groups -OCH3 is 1. The number of fused-ring (bicyclic) bond motifs is 4. The van der Waals surface area contributed by atoms with Gasteiger partial charge in [0, 0.05) is 43.9 Å². The van der Waals surface area contributed by atoms with Gasteiger partial charge in [-0.1, -0.05) is 30.3 Å². The first-order valence-electron chi connectivity index (χ1n) is 11.8. The van der Waals surface area contributed by atoms with Gasteiger partial charge in [-0.2, -0.15) is 0 Å². The van der Waals surface area contributed by atoms with Crippen molar-refractivity contribution in [2.75, 3.05) is 25.5 Å². The Hall–Kier alpha value is -4.07. The highest BCUT2D eigenvalue weighted by atomic mass is 16.5. The summed E-state index contributed by atoms with van der Waals surface area (Å²) in [5.74, 6) is 0.853. The normalized spacial score (nSPS) is 18.4. The topological polar surface area (TPSA) is 92.7 Å². The zero-order valence-electron chi connectivity index (χ0n) is 19.6. The SMILES string of the molecule is COc1ccc(CNC(=O)c2ccccc2NC(=O)N2C[C@@H]3C[C@H](C2)c2cccc(=O)n2C3)cc1. The molecule has 5 rings (SSSR count). The number of likely N-dealkylation sites (tertiary alicyclic amines) is 1. The van der Waals surface area contributed by atoms with Gasteiger partial charge in [0.2, 0.25) is 0 Å². The fourth-order valence-electron chi connectivity index (χ4n) is 5.07. The van der Waals surface area contributed by atoms with Gasteiger partial charge < -0.3 is 24.8 Å². The van der Waals surface area contributed by atoms with Crippen LogP contribution in [0.5, 0.6) is 5.75 Å². The predicted octanol–water partition coefficient (Wildman–Crippen LogP) is 3.44. The number of carbonyl (C=O) groups excluding carboxylic acids is 2. The molecule has 3 amide bonds. The smallest absolute Gasteiger partial charge is 0.321 e. The van der Waals surface area contributed by atoms with Crippen molar-refractivity contribution in [3.63, 3.8) is 0 Å². The van der Waals surface area contributed by atoms with Gasteiger partial charge >= 0.3 is 6.03 Å². The molecular formula is C27H28N4O4. The summed E-state index contributed by atoms with van der Waals surface area (Å²) < 4.78 is 7.01. The number of nitrogens with one attached hydrogen (secondary N) is 2. The van der Waals surface area contributed by atoms with Crippen LogP contribution in [0.15, 0.2) is 71.5 Å². The highest BCUT2D eigenvalue weighted by Crippen LogP contribution is 2.35. The molecule has 2 aliphatic rings. The standard InChI is InChI=1S/C27H28N4O4/c1-35-21-11-9-18(10-12-21)14-28-26(33)22-5-2-3-6-23(22)29-27(34)30-15-19-13-20(17-30)24-7-4-8-25(32)31(24)16-19/h2-12,19-20H,13-17H2,1H3,(H,28,33)(H,29,34)/t19-,20+/m0/s1. The Morgan fingerprint density at radius 1 is 0.971 bits per heavy atom. The quantitative estimate of drug-likeness (QED) is 0.595. The molecule has 0 radical (unpaired) electrons. The average Bonchev–Trinajstić information content (AvgIpc) is 2.88. The maximum Gasteiger partial charge on any atom is 0.321 e. The van der Waals surface area contributed by atoms with Gasteiger partial charge in [-0.25, -0.2) is 4.79 Å². The van der Waals surface area contributed by atoms with Crippen LogP contribution in [0.1, 0.15) is 34.0 Å². The summed E-state index contributed by atoms with van der Waals surface area (Å²) in [7, 11) is 1.61. The van der Waals surface area contributed by atoms with E-state index in [0.29, 0.717) is 37.4 Å². The molecule has 3 aromatic rings. The van der Waals surface area contributed by atoms with Crippen LogP contribution in [0.25, 0.3) is 0 Å². The summed E-state index contributed by atoms with van der Waals surface area (Å²) in [6, 6.07) is 19.6. The highest BCUT2D eigenvalue weighted by Gasteiger charge is 2.36. The molecule has 8 nitrogen and oxygen atoms in total. The van der Waals surface area contributed by atoms with E-state index >= 15 is 0 Å². The van der Waals surface area contributed by atoms with Crippen LogP contribution in [0, 0.1) is 5.92 Å². The minimum atomic E-state index is -0.263. The third-order valence-corrected chi connectivity index (χ3v) is 6.79. The van der Waals surface area contributed by atoms with Crippen molar-refractivity contribution in [2.45, 2.75) is 25.4 Å². The third-order valence-electron chi connectivity index (χ3n) is 6.79. The molecule has 2 N–H and O–H groups in total. The predicted molar refractivity (Wildman–Crippen MR) is 133 cm³/mol. The molecule has 0 aliphatic carbocycles. The van der Waals surface area contributed by atoms with Crippen molar-refractivity contribution in [2.24, 2.45) is 5.92 Å². The molecule has 1 aromatic heterocycles. The van der Waals surface area contributed by atoms with Gasteiger partial charge in [0.25, 0.3) is 11.5 Å². The van der Waals surface area contributed by atoms with Crippen molar-refractivity contribution >= 4 is 17.6 Å². The lowest BCUT2D eigenvalue weighted by Crippen LogP contribution is -2.50. The number of pyridine rings is 1. The van der Waals surface area contributed by atoms with Gasteiger partial charge in [0.15, 0.2) is 0 Å². The number of hydrogen-bond acceptors (Lipinski definition) is 4. The fourth-order valence-corrected chi connectivity index (χ4v) is 5.07. The van der Waals surface area contributed by atoms with Gasteiger partial charge in [0.1, 0.15) is 5.75 Å². The second-order valence-electron chi connectivity index (χ2n) is 9.11. The molecule has 180 valence electrons. The summed E-state index contributed by atoms with van der Waals surface area (Å²) in [5.41, 5.74) is 2.83. The van der Waals surface area contributed by atoms with Crippen LogP contribution < -0.4 is 20.9 Å². The van der Waals surface area contributed by atoms with Crippen molar-refractivity contribution in [1.82, 2.24) is 14.8 Å². The van der Waals surface area contributed by atoms with Gasteiger partial charge in [-0.05, 0) is 48.2 Å². The van der Waals surface area contributed by atoms with Crippen LogP contribution in [-0.2, 0) is 13.1 Å². The molecule has 3 heterocycles. The molecule has 35 heavy (non-hydrogen) atoms. The highest BCUT2D eigenvalue weighted by molar-refractivity contribution is 6.03. The molecule has 1 fully saturated rings. The number of aromatic nitrogens is 1. The first kappa shape index (κ1) is 22.7. The number of rotatable bonds is 5. The van der Waals surface area contributed by atoms with Gasteiger partial charge in [-0.15, -0.1) is 0 Å². The first-order chi connectivity index (χ1) is 17.0. The maximum atomic E-state index is 13.2. The molecule has 2 bridgehead atoms. The number of benzene rings is 2. The number of carbonyl (C=O) groups is 2. The lowest BCUT2D eigenvalue weighted by molar-refractivity contribution is 0.0951. The van der Waals surface area contributed by atoms with E-state index in [-0.39, 0.29) is 29.3 Å². The van der Waals surface area contributed by atoms with E-state index in [9.17, 15) is 14.4 Å². The molecule has 2 aliphatic heterocycles. The van der Waals surface area contributed by atoms with E-state index in [4.69, 9.17) is 4.74 Å². The fraction of sp³-hybridized carbons (Fsp3) is 0.296. The summed E-state index contributed by atoms with van der Waals surface area (Å²) >= 11 is 0. The Kier molecular flexibility index (Phi) is 6.27. The van der Waals surface area contributed by atoms with Crippen molar-refractivity contribution in [3.8, 4) is 5.75 Å². The summed E-state index contributed by atoms with van der Waals surface area (Å²) in [4.78, 5) is 40.2. The second-order valence-corrected chi connectivity index (χ2v) is 9.11. The number of para-hydroxylation sites is 1. The van der Waals surface area contributed by atoms with E-state index in [0.717, 1.165) is 23.4 Å². The molecule has 0 spiro atoms. The van der Waals surface area contributed by atoms with Crippen molar-refractivity contribution < 1.29 is 14.3 Å². The summed E-state index contributed by atoms with van der Waals surface area (Å²) in [6.45, 7) is 2.10. The zero-order chi connectivity index (χ0) is 24.4. The van der Waals surface area contributed by atoms with E-state index in [1.54, 1.807) is 48.4 Å². The minimum Gasteiger partial charge on any atom is -0.497 e. The largest absolute Gasteiger partial charge is 0.497 e. The lowest BCUT2D eigenvalue weighted by atomic mass is 9.83. The maximum absolute atomic E-state index is 13.2. The molecule has 0 unspecified atom stereocenters. The number of anilines is 1. The molecule has 1 saturated heterocycles. The van der Waals surface area contributed by atoms with E-state index < -0.39 is 0 Å². The molecule has 0 saturated carbocycles. The molecule has 2 aromatic carbocycles. The van der Waals surface area contributed by atoms with Crippen LogP contribution in [-0.4, -0.2) is 41.6 Å². The van der Waals surface area contributed by atoms with Crippen LogP contribution in [0.2, 0.25) is 0 Å². The number of hydrogen-bond donors (Lipinski definition) is 2.